The van der Waals surface area contributed by atoms with Gasteiger partial charge in [-0.15, -0.1) is 0 Å². The molecule has 0 bridgehead atoms. The molecule has 0 amide bonds. The van der Waals surface area contributed by atoms with E-state index in [1.54, 1.807) is 0 Å². The smallest absolute Gasteiger partial charge is 0.319 e. The predicted octanol–water partition coefficient (Wildman–Crippen LogP) is 3.55. The van der Waals surface area contributed by atoms with Crippen LogP contribution in [0.15, 0.2) is 30.3 Å². The molecule has 0 saturated carbocycles. The minimum atomic E-state index is -4.08. The molecule has 0 spiro atoms. The molecule has 1 aromatic carbocycles. The molecule has 0 radical (unpaired) electrons. The van der Waals surface area contributed by atoms with Gasteiger partial charge in [0.1, 0.15) is 5.16 Å². The van der Waals surface area contributed by atoms with Crippen molar-refractivity contribution in [2.75, 3.05) is 6.16 Å². The van der Waals surface area contributed by atoms with Crippen LogP contribution >= 0.6 is 7.37 Å². The van der Waals surface area contributed by atoms with Crippen molar-refractivity contribution in [1.29, 1.82) is 0 Å². The first-order valence-electron chi connectivity index (χ1n) is 7.96. The standard InChI is InChI=1S/C17H25O6P/c1-3-13(14-7-5-4-6-8-14)10-12-24(22,23)17(2,16(20)21)11-9-15(18)19/h4-8,13H,3,9-12H2,1-2H3,(H,18,19)(H,20,21)(H,22,23). The van der Waals surface area contributed by atoms with Crippen LogP contribution in [0.4, 0.5) is 0 Å². The van der Waals surface area contributed by atoms with Crippen LogP contribution in [-0.4, -0.2) is 38.4 Å². The number of carboxylic acids is 2. The highest BCUT2D eigenvalue weighted by Crippen LogP contribution is 2.57. The Bertz CT molecular complexity index is 615. The Kier molecular flexibility index (Phi) is 7.18. The van der Waals surface area contributed by atoms with Crippen LogP contribution in [0, 0.1) is 0 Å². The molecule has 3 atom stereocenters. The lowest BCUT2D eigenvalue weighted by atomic mass is 9.94. The largest absolute Gasteiger partial charge is 0.481 e. The van der Waals surface area contributed by atoms with Gasteiger partial charge in [0.2, 0.25) is 7.37 Å². The van der Waals surface area contributed by atoms with Gasteiger partial charge >= 0.3 is 11.9 Å². The molecule has 0 aromatic heterocycles. The number of aliphatic carboxylic acids is 2. The van der Waals surface area contributed by atoms with Crippen molar-refractivity contribution >= 4 is 19.3 Å². The molecule has 1 aromatic rings. The summed E-state index contributed by atoms with van der Waals surface area (Å²) in [5.74, 6) is -2.55. The van der Waals surface area contributed by atoms with E-state index in [0.717, 1.165) is 12.0 Å². The van der Waals surface area contributed by atoms with Crippen molar-refractivity contribution in [3.05, 3.63) is 35.9 Å². The van der Waals surface area contributed by atoms with Gasteiger partial charge in [-0.3, -0.25) is 14.2 Å². The minimum Gasteiger partial charge on any atom is -0.481 e. The molecular weight excluding hydrogens is 331 g/mol. The van der Waals surface area contributed by atoms with E-state index in [4.69, 9.17) is 5.11 Å². The van der Waals surface area contributed by atoms with Gasteiger partial charge in [0.15, 0.2) is 0 Å². The van der Waals surface area contributed by atoms with Crippen LogP contribution in [0.5, 0.6) is 0 Å². The van der Waals surface area contributed by atoms with Gasteiger partial charge < -0.3 is 15.1 Å². The first-order valence-corrected chi connectivity index (χ1v) is 9.80. The highest BCUT2D eigenvalue weighted by Gasteiger charge is 2.49. The number of rotatable bonds is 10. The Balaban J connectivity index is 2.90. The van der Waals surface area contributed by atoms with Crippen LogP contribution in [0.2, 0.25) is 0 Å². The summed E-state index contributed by atoms with van der Waals surface area (Å²) in [5, 5.41) is 16.2. The quantitative estimate of drug-likeness (QED) is 0.553. The molecule has 0 aliphatic rings. The second-order valence-corrected chi connectivity index (χ2v) is 9.04. The molecule has 0 fully saturated rings. The summed E-state index contributed by atoms with van der Waals surface area (Å²) in [7, 11) is -4.08. The normalized spacial score (nSPS) is 17.5. The molecule has 0 saturated heterocycles. The molecule has 1 rings (SSSR count). The summed E-state index contributed by atoms with van der Waals surface area (Å²) in [6.45, 7) is 3.14. The average molecular weight is 356 g/mol. The van der Waals surface area contributed by atoms with Crippen molar-refractivity contribution in [1.82, 2.24) is 0 Å². The van der Waals surface area contributed by atoms with Crippen molar-refractivity contribution in [3.8, 4) is 0 Å². The zero-order chi connectivity index (χ0) is 18.4. The molecule has 24 heavy (non-hydrogen) atoms. The molecule has 0 aliphatic carbocycles. The fourth-order valence-corrected chi connectivity index (χ4v) is 4.61. The van der Waals surface area contributed by atoms with Gasteiger partial charge in [-0.1, -0.05) is 37.3 Å². The molecule has 0 heterocycles. The zero-order valence-electron chi connectivity index (χ0n) is 14.0. The first kappa shape index (κ1) is 20.4. The van der Waals surface area contributed by atoms with Crippen LogP contribution in [-0.2, 0) is 14.2 Å². The summed E-state index contributed by atoms with van der Waals surface area (Å²) in [4.78, 5) is 32.7. The fraction of sp³-hybridized carbons (Fsp3) is 0.529. The Morgan fingerprint density at radius 3 is 2.25 bits per heavy atom. The topological polar surface area (TPSA) is 112 Å². The lowest BCUT2D eigenvalue weighted by molar-refractivity contribution is -0.141. The highest BCUT2D eigenvalue weighted by atomic mass is 31.2. The van der Waals surface area contributed by atoms with Crippen molar-refractivity contribution in [2.45, 2.75) is 50.6 Å². The molecule has 3 unspecified atom stereocenters. The van der Waals surface area contributed by atoms with E-state index in [1.807, 2.05) is 37.3 Å². The Hall–Kier alpha value is -1.65. The van der Waals surface area contributed by atoms with E-state index in [0.29, 0.717) is 6.42 Å². The molecule has 6 nitrogen and oxygen atoms in total. The number of hydrogen-bond acceptors (Lipinski definition) is 3. The fourth-order valence-electron chi connectivity index (χ4n) is 2.69. The summed E-state index contributed by atoms with van der Waals surface area (Å²) < 4.78 is 12.7. The second kappa shape index (κ2) is 8.45. The van der Waals surface area contributed by atoms with Gasteiger partial charge in [0.25, 0.3) is 0 Å². The zero-order valence-corrected chi connectivity index (χ0v) is 14.9. The summed E-state index contributed by atoms with van der Waals surface area (Å²) in [6, 6.07) is 9.56. The molecule has 3 N–H and O–H groups in total. The maximum absolute atomic E-state index is 12.7. The third-order valence-electron chi connectivity index (χ3n) is 4.60. The van der Waals surface area contributed by atoms with Gasteiger partial charge in [-0.2, -0.15) is 0 Å². The second-order valence-electron chi connectivity index (χ2n) is 6.20. The van der Waals surface area contributed by atoms with E-state index < -0.39 is 30.9 Å². The first-order chi connectivity index (χ1) is 11.1. The van der Waals surface area contributed by atoms with Gasteiger partial charge in [-0.25, -0.2) is 0 Å². The molecule has 0 aliphatic heterocycles. The van der Waals surface area contributed by atoms with Crippen LogP contribution in [0.3, 0.4) is 0 Å². The molecule has 134 valence electrons. The Morgan fingerprint density at radius 1 is 1.21 bits per heavy atom. The Morgan fingerprint density at radius 2 is 1.79 bits per heavy atom. The van der Waals surface area contributed by atoms with E-state index in [-0.39, 0.29) is 18.5 Å². The van der Waals surface area contributed by atoms with Crippen molar-refractivity contribution < 1.29 is 29.3 Å². The lowest BCUT2D eigenvalue weighted by Gasteiger charge is -2.30. The van der Waals surface area contributed by atoms with Gasteiger partial charge in [-0.05, 0) is 37.7 Å². The predicted molar refractivity (Wildman–Crippen MR) is 91.7 cm³/mol. The Labute approximate surface area is 142 Å². The maximum Gasteiger partial charge on any atom is 0.319 e. The van der Waals surface area contributed by atoms with Crippen molar-refractivity contribution in [2.24, 2.45) is 0 Å². The van der Waals surface area contributed by atoms with Crippen LogP contribution in [0.1, 0.15) is 51.0 Å². The summed E-state index contributed by atoms with van der Waals surface area (Å²) >= 11 is 0. The SMILES string of the molecule is CCC(CCP(=O)(O)C(C)(CCC(=O)O)C(=O)O)c1ccccc1. The number of benzene rings is 1. The minimum absolute atomic E-state index is 0.0594. The van der Waals surface area contributed by atoms with E-state index in [9.17, 15) is 24.2 Å². The third kappa shape index (κ3) is 4.92. The lowest BCUT2D eigenvalue weighted by Crippen LogP contribution is -2.36. The van der Waals surface area contributed by atoms with E-state index in [1.165, 1.54) is 6.92 Å². The van der Waals surface area contributed by atoms with Gasteiger partial charge in [0.05, 0.1) is 0 Å². The monoisotopic (exact) mass is 356 g/mol. The number of carboxylic acid groups (broad SMARTS) is 2. The number of hydrogen-bond donors (Lipinski definition) is 3. The highest BCUT2D eigenvalue weighted by molar-refractivity contribution is 7.60. The molecular formula is C17H25O6P. The van der Waals surface area contributed by atoms with E-state index >= 15 is 0 Å². The molecule has 7 heteroatoms. The average Bonchev–Trinajstić information content (AvgIpc) is 2.53. The maximum atomic E-state index is 12.7. The summed E-state index contributed by atoms with van der Waals surface area (Å²) in [6.07, 6.45) is 0.173. The van der Waals surface area contributed by atoms with Crippen LogP contribution in [0.25, 0.3) is 0 Å². The van der Waals surface area contributed by atoms with Crippen LogP contribution < -0.4 is 0 Å². The van der Waals surface area contributed by atoms with E-state index in [2.05, 4.69) is 0 Å². The van der Waals surface area contributed by atoms with Crippen molar-refractivity contribution in [3.63, 3.8) is 0 Å². The third-order valence-corrected chi connectivity index (χ3v) is 7.42. The number of carbonyl (C=O) groups is 2. The van der Waals surface area contributed by atoms with Gasteiger partial charge in [0, 0.05) is 12.6 Å². The summed E-state index contributed by atoms with van der Waals surface area (Å²) in [5.41, 5.74) is 1.04.